The van der Waals surface area contributed by atoms with E-state index in [0.29, 0.717) is 45.2 Å². The molecule has 0 spiro atoms. The highest BCUT2D eigenvalue weighted by Gasteiger charge is 2.32. The summed E-state index contributed by atoms with van der Waals surface area (Å²) in [6.45, 7) is 4.29. The van der Waals surface area contributed by atoms with Crippen LogP contribution in [0.4, 0.5) is 0 Å². The van der Waals surface area contributed by atoms with Crippen molar-refractivity contribution < 1.29 is 24.3 Å². The van der Waals surface area contributed by atoms with E-state index in [1.807, 2.05) is 13.0 Å². The van der Waals surface area contributed by atoms with Crippen molar-refractivity contribution in [1.29, 1.82) is 0 Å². The van der Waals surface area contributed by atoms with Crippen LogP contribution in [0.15, 0.2) is 35.3 Å². The first-order valence-corrected chi connectivity index (χ1v) is 13.7. The number of carbonyl (C=O) groups is 4. The van der Waals surface area contributed by atoms with Gasteiger partial charge in [-0.1, -0.05) is 50.6 Å². The average molecular weight is 563 g/mol. The fraction of sp³-hybridized carbons (Fsp3) is 0.593. The summed E-state index contributed by atoms with van der Waals surface area (Å²) in [6, 6.07) is 4.96. The van der Waals surface area contributed by atoms with Gasteiger partial charge < -0.3 is 44.0 Å². The Morgan fingerprint density at radius 1 is 0.900 bits per heavy atom. The van der Waals surface area contributed by atoms with Crippen molar-refractivity contribution in [2.75, 3.05) is 13.1 Å². The Balaban J connectivity index is 3.07. The summed E-state index contributed by atoms with van der Waals surface area (Å²) >= 11 is 0. The van der Waals surface area contributed by atoms with Crippen molar-refractivity contribution in [3.05, 3.63) is 35.9 Å². The number of carboxylic acids is 1. The van der Waals surface area contributed by atoms with Gasteiger partial charge in [0.1, 0.15) is 18.1 Å². The number of carboxylic acid groups (broad SMARTS) is 1. The lowest BCUT2D eigenvalue weighted by molar-refractivity contribution is -0.143. The minimum atomic E-state index is -1.16. The Kier molecular flexibility index (Phi) is 15.9. The Morgan fingerprint density at radius 2 is 1.52 bits per heavy atom. The molecule has 12 N–H and O–H groups in total. The van der Waals surface area contributed by atoms with Crippen molar-refractivity contribution in [2.45, 2.75) is 83.0 Å². The maximum Gasteiger partial charge on any atom is 0.326 e. The Hall–Kier alpha value is -3.71. The van der Waals surface area contributed by atoms with E-state index in [4.69, 9.17) is 22.9 Å². The SMILES string of the molecule is CCC(C)C(NC(=O)C(Cc1ccccc1)NC(=O)C(CCCCN)NC(=O)C(N)CCCN=C(N)N)C(=O)O. The first-order chi connectivity index (χ1) is 19.0. The molecule has 0 heterocycles. The second-order valence-corrected chi connectivity index (χ2v) is 9.86. The number of guanidine groups is 1. The van der Waals surface area contributed by atoms with E-state index in [1.165, 1.54) is 0 Å². The molecule has 0 radical (unpaired) electrons. The topological polar surface area (TPSA) is 241 Å². The minimum absolute atomic E-state index is 0.0532. The van der Waals surface area contributed by atoms with Crippen LogP contribution in [-0.2, 0) is 25.6 Å². The van der Waals surface area contributed by atoms with E-state index >= 15 is 0 Å². The molecule has 1 rings (SSSR count). The van der Waals surface area contributed by atoms with E-state index in [1.54, 1.807) is 31.2 Å². The molecule has 0 fully saturated rings. The number of aliphatic imine (C=N–C) groups is 1. The van der Waals surface area contributed by atoms with Gasteiger partial charge >= 0.3 is 5.97 Å². The number of amides is 3. The summed E-state index contributed by atoms with van der Waals surface area (Å²) in [7, 11) is 0. The van der Waals surface area contributed by atoms with Crippen LogP contribution in [0.25, 0.3) is 0 Å². The highest BCUT2D eigenvalue weighted by Crippen LogP contribution is 2.11. The summed E-state index contributed by atoms with van der Waals surface area (Å²) in [5.74, 6) is -3.27. The zero-order valence-electron chi connectivity index (χ0n) is 23.5. The lowest BCUT2D eigenvalue weighted by atomic mass is 9.98. The van der Waals surface area contributed by atoms with Gasteiger partial charge in [0.05, 0.1) is 6.04 Å². The number of rotatable bonds is 19. The van der Waals surface area contributed by atoms with Gasteiger partial charge in [0, 0.05) is 13.0 Å². The van der Waals surface area contributed by atoms with Gasteiger partial charge in [0.25, 0.3) is 0 Å². The predicted octanol–water partition coefficient (Wildman–Crippen LogP) is -0.676. The van der Waals surface area contributed by atoms with Crippen LogP contribution in [0.2, 0.25) is 0 Å². The highest BCUT2D eigenvalue weighted by atomic mass is 16.4. The van der Waals surface area contributed by atoms with Crippen molar-refractivity contribution in [3.63, 3.8) is 0 Å². The van der Waals surface area contributed by atoms with Gasteiger partial charge in [0.2, 0.25) is 17.7 Å². The van der Waals surface area contributed by atoms with Gasteiger partial charge in [-0.05, 0) is 50.1 Å². The number of aliphatic carboxylic acids is 1. The van der Waals surface area contributed by atoms with Crippen molar-refractivity contribution in [3.8, 4) is 0 Å². The standard InChI is InChI=1S/C27H46N8O5/c1-3-17(2)22(26(39)40)35-25(38)21(16-18-10-5-4-6-11-18)34-24(37)20(13-7-8-14-28)33-23(36)19(29)12-9-15-32-27(30)31/h4-6,10-11,17,19-22H,3,7-9,12-16,28-29H2,1-2H3,(H,33,36)(H,34,37)(H,35,38)(H,39,40)(H4,30,31,32). The third-order valence-corrected chi connectivity index (χ3v) is 6.58. The Labute approximate surface area is 235 Å². The lowest BCUT2D eigenvalue weighted by Crippen LogP contribution is -2.58. The monoisotopic (exact) mass is 562 g/mol. The zero-order chi connectivity index (χ0) is 30.1. The third kappa shape index (κ3) is 12.9. The van der Waals surface area contributed by atoms with Crippen LogP contribution in [-0.4, -0.2) is 72.0 Å². The molecule has 0 aromatic heterocycles. The molecule has 5 unspecified atom stereocenters. The van der Waals surface area contributed by atoms with E-state index < -0.39 is 47.9 Å². The molecule has 13 heteroatoms. The maximum absolute atomic E-state index is 13.4. The second-order valence-electron chi connectivity index (χ2n) is 9.86. The molecular formula is C27H46N8O5. The van der Waals surface area contributed by atoms with E-state index in [2.05, 4.69) is 20.9 Å². The van der Waals surface area contributed by atoms with Crippen LogP contribution in [0.3, 0.4) is 0 Å². The van der Waals surface area contributed by atoms with Gasteiger partial charge in [-0.2, -0.15) is 0 Å². The maximum atomic E-state index is 13.4. The fourth-order valence-electron chi connectivity index (χ4n) is 3.96. The highest BCUT2D eigenvalue weighted by molar-refractivity contribution is 5.94. The van der Waals surface area contributed by atoms with E-state index in [0.717, 1.165) is 5.56 Å². The molecule has 0 aliphatic heterocycles. The molecule has 0 saturated heterocycles. The van der Waals surface area contributed by atoms with Crippen LogP contribution in [0, 0.1) is 5.92 Å². The Bertz CT molecular complexity index is 971. The average Bonchev–Trinajstić information content (AvgIpc) is 2.92. The lowest BCUT2D eigenvalue weighted by Gasteiger charge is -2.26. The van der Waals surface area contributed by atoms with Crippen LogP contribution in [0.5, 0.6) is 0 Å². The van der Waals surface area contributed by atoms with Crippen molar-refractivity contribution in [2.24, 2.45) is 33.8 Å². The summed E-state index contributed by atoms with van der Waals surface area (Å²) in [4.78, 5) is 55.2. The molecule has 13 nitrogen and oxygen atoms in total. The number of carbonyl (C=O) groups excluding carboxylic acids is 3. The van der Waals surface area contributed by atoms with Gasteiger partial charge in [-0.25, -0.2) is 4.79 Å². The van der Waals surface area contributed by atoms with Gasteiger partial charge in [-0.15, -0.1) is 0 Å². The predicted molar refractivity (Wildman–Crippen MR) is 154 cm³/mol. The number of nitrogens with one attached hydrogen (secondary N) is 3. The molecule has 224 valence electrons. The molecule has 40 heavy (non-hydrogen) atoms. The number of unbranched alkanes of at least 4 members (excludes halogenated alkanes) is 1. The van der Waals surface area contributed by atoms with Crippen LogP contribution >= 0.6 is 0 Å². The molecule has 3 amide bonds. The van der Waals surface area contributed by atoms with Crippen LogP contribution in [0.1, 0.15) is 57.9 Å². The van der Waals surface area contributed by atoms with E-state index in [9.17, 15) is 24.3 Å². The molecule has 0 bridgehead atoms. The fourth-order valence-corrected chi connectivity index (χ4v) is 3.96. The number of nitrogens with zero attached hydrogens (tertiary/aromatic N) is 1. The number of hydrogen-bond acceptors (Lipinski definition) is 7. The summed E-state index contributed by atoms with van der Waals surface area (Å²) in [6.07, 6.45) is 2.89. The minimum Gasteiger partial charge on any atom is -0.480 e. The zero-order valence-corrected chi connectivity index (χ0v) is 23.5. The first-order valence-electron chi connectivity index (χ1n) is 13.7. The third-order valence-electron chi connectivity index (χ3n) is 6.58. The number of hydrogen-bond donors (Lipinski definition) is 8. The summed E-state index contributed by atoms with van der Waals surface area (Å²) in [5, 5.41) is 17.6. The molecule has 5 atom stereocenters. The van der Waals surface area contributed by atoms with Crippen LogP contribution < -0.4 is 38.9 Å². The largest absolute Gasteiger partial charge is 0.480 e. The molecule has 0 aliphatic rings. The number of benzene rings is 1. The molecule has 0 aliphatic carbocycles. The quantitative estimate of drug-likeness (QED) is 0.0604. The second kappa shape index (κ2) is 18.6. The smallest absolute Gasteiger partial charge is 0.326 e. The Morgan fingerprint density at radius 3 is 2.10 bits per heavy atom. The summed E-state index contributed by atoms with van der Waals surface area (Å²) < 4.78 is 0. The van der Waals surface area contributed by atoms with Crippen molar-refractivity contribution in [1.82, 2.24) is 16.0 Å². The van der Waals surface area contributed by atoms with Gasteiger partial charge in [0.15, 0.2) is 5.96 Å². The molecular weight excluding hydrogens is 516 g/mol. The van der Waals surface area contributed by atoms with Gasteiger partial charge in [-0.3, -0.25) is 19.4 Å². The normalized spacial score (nSPS) is 14.6. The number of nitrogens with two attached hydrogens (primary N) is 4. The molecule has 1 aromatic rings. The first kappa shape index (κ1) is 34.3. The molecule has 1 aromatic carbocycles. The molecule has 0 saturated carbocycles. The summed E-state index contributed by atoms with van der Waals surface area (Å²) in [5.41, 5.74) is 23.0. The van der Waals surface area contributed by atoms with Crippen molar-refractivity contribution >= 4 is 29.7 Å². The van der Waals surface area contributed by atoms with E-state index in [-0.39, 0.29) is 24.7 Å².